The summed E-state index contributed by atoms with van der Waals surface area (Å²) in [6.07, 6.45) is -2.75. The number of rotatable bonds is 2. The lowest BCUT2D eigenvalue weighted by Gasteiger charge is -2.11. The highest BCUT2D eigenvalue weighted by Crippen LogP contribution is 2.33. The van der Waals surface area contributed by atoms with Crippen LogP contribution in [0.25, 0.3) is 22.4 Å². The summed E-state index contributed by atoms with van der Waals surface area (Å²) in [5.74, 6) is 0. The third-order valence-corrected chi connectivity index (χ3v) is 4.00. The lowest BCUT2D eigenvalue weighted by Crippen LogP contribution is -2.04. The molecule has 0 aliphatic heterocycles. The van der Waals surface area contributed by atoms with E-state index in [4.69, 9.17) is 11.6 Å². The molecule has 0 amide bonds. The largest absolute Gasteiger partial charge is 0.416 e. The van der Waals surface area contributed by atoms with Gasteiger partial charge in [-0.05, 0) is 48.4 Å². The zero-order valence-corrected chi connectivity index (χ0v) is 13.5. The number of hydrogen-bond acceptors (Lipinski definition) is 1. The second kappa shape index (κ2) is 6.29. The Hall–Kier alpha value is -2.33. The molecule has 0 aliphatic carbocycles. The molecule has 1 nitrogen and oxygen atoms in total. The fraction of sp³-hybridized carbons (Fsp3) is 0.105. The van der Waals surface area contributed by atoms with Crippen molar-refractivity contribution in [2.45, 2.75) is 13.1 Å². The first kappa shape index (κ1) is 16.5. The molecule has 0 atom stereocenters. The molecule has 1 heterocycles. The maximum absolute atomic E-state index is 12.9. The van der Waals surface area contributed by atoms with Crippen LogP contribution in [0.3, 0.4) is 0 Å². The quantitative estimate of drug-likeness (QED) is 0.523. The molecule has 1 aromatic heterocycles. The van der Waals surface area contributed by atoms with Crippen LogP contribution >= 0.6 is 11.6 Å². The predicted molar refractivity (Wildman–Crippen MR) is 89.9 cm³/mol. The lowest BCUT2D eigenvalue weighted by atomic mass is 9.99. The van der Waals surface area contributed by atoms with Gasteiger partial charge in [-0.3, -0.25) is 4.98 Å². The van der Waals surface area contributed by atoms with Crippen molar-refractivity contribution in [3.05, 3.63) is 76.9 Å². The molecule has 0 spiro atoms. The van der Waals surface area contributed by atoms with E-state index in [1.165, 1.54) is 6.07 Å². The number of pyridine rings is 1. The lowest BCUT2D eigenvalue weighted by molar-refractivity contribution is -0.137. The molecule has 122 valence electrons. The van der Waals surface area contributed by atoms with Crippen LogP contribution in [0.5, 0.6) is 0 Å². The minimum atomic E-state index is -4.36. The average Bonchev–Trinajstić information content (AvgIpc) is 2.55. The van der Waals surface area contributed by atoms with E-state index in [-0.39, 0.29) is 0 Å². The van der Waals surface area contributed by atoms with E-state index in [0.717, 1.165) is 29.0 Å². The van der Waals surface area contributed by atoms with Crippen LogP contribution in [0.4, 0.5) is 13.2 Å². The van der Waals surface area contributed by atoms with Crippen LogP contribution < -0.4 is 0 Å². The molecular weight excluding hydrogens is 335 g/mol. The van der Waals surface area contributed by atoms with Crippen LogP contribution in [0.15, 0.2) is 60.8 Å². The van der Waals surface area contributed by atoms with Gasteiger partial charge < -0.3 is 0 Å². The third kappa shape index (κ3) is 3.44. The van der Waals surface area contributed by atoms with Crippen molar-refractivity contribution in [1.82, 2.24) is 4.98 Å². The number of aromatic nitrogens is 1. The van der Waals surface area contributed by atoms with E-state index in [1.807, 2.05) is 25.1 Å². The van der Waals surface area contributed by atoms with E-state index in [0.29, 0.717) is 16.1 Å². The van der Waals surface area contributed by atoms with Crippen molar-refractivity contribution in [2.24, 2.45) is 0 Å². The van der Waals surface area contributed by atoms with Gasteiger partial charge in [0.1, 0.15) is 0 Å². The molecule has 2 aromatic carbocycles. The molecule has 3 aromatic rings. The fourth-order valence-electron chi connectivity index (χ4n) is 2.50. The first-order valence-electron chi connectivity index (χ1n) is 7.25. The fourth-order valence-corrected chi connectivity index (χ4v) is 2.63. The summed E-state index contributed by atoms with van der Waals surface area (Å²) >= 11 is 5.87. The zero-order valence-electron chi connectivity index (χ0n) is 12.7. The van der Waals surface area contributed by atoms with Gasteiger partial charge in [-0.15, -0.1) is 0 Å². The molecule has 5 heteroatoms. The van der Waals surface area contributed by atoms with Gasteiger partial charge in [0.15, 0.2) is 0 Å². The van der Waals surface area contributed by atoms with E-state index < -0.39 is 11.7 Å². The minimum absolute atomic E-state index is 0.498. The number of halogens is 4. The van der Waals surface area contributed by atoms with Gasteiger partial charge in [-0.2, -0.15) is 13.2 Å². The van der Waals surface area contributed by atoms with E-state index in [9.17, 15) is 13.2 Å². The van der Waals surface area contributed by atoms with Gasteiger partial charge >= 0.3 is 6.18 Å². The molecule has 0 radical (unpaired) electrons. The van der Waals surface area contributed by atoms with Crippen molar-refractivity contribution >= 4 is 11.6 Å². The Kier molecular flexibility index (Phi) is 4.33. The van der Waals surface area contributed by atoms with Gasteiger partial charge in [-0.1, -0.05) is 35.9 Å². The molecule has 0 N–H and O–H groups in total. The van der Waals surface area contributed by atoms with Crippen LogP contribution in [0.1, 0.15) is 11.1 Å². The van der Waals surface area contributed by atoms with Crippen LogP contribution in [0.2, 0.25) is 5.02 Å². The van der Waals surface area contributed by atoms with Crippen molar-refractivity contribution in [2.75, 3.05) is 0 Å². The molecule has 3 rings (SSSR count). The Labute approximate surface area is 142 Å². The van der Waals surface area contributed by atoms with Crippen LogP contribution in [-0.2, 0) is 6.18 Å². The SMILES string of the molecule is Cc1cc(-c2ccc(Cl)cc2)ncc1-c1cccc(C(F)(F)F)c1. The number of hydrogen-bond donors (Lipinski definition) is 0. The van der Waals surface area contributed by atoms with E-state index in [1.54, 1.807) is 24.4 Å². The smallest absolute Gasteiger partial charge is 0.256 e. The van der Waals surface area contributed by atoms with Gasteiger partial charge in [0.2, 0.25) is 0 Å². The number of benzene rings is 2. The standard InChI is InChI=1S/C19H13ClF3N/c1-12-9-18(13-5-7-16(20)8-6-13)24-11-17(12)14-3-2-4-15(10-14)19(21,22)23/h2-11H,1H3. The molecule has 0 fully saturated rings. The summed E-state index contributed by atoms with van der Waals surface area (Å²) in [5, 5.41) is 0.635. The van der Waals surface area contributed by atoms with Gasteiger partial charge in [0, 0.05) is 22.3 Å². The first-order valence-corrected chi connectivity index (χ1v) is 7.62. The topological polar surface area (TPSA) is 12.9 Å². The summed E-state index contributed by atoms with van der Waals surface area (Å²) in [5.41, 5.74) is 3.02. The minimum Gasteiger partial charge on any atom is -0.256 e. The molecule has 0 bridgehead atoms. The average molecular weight is 348 g/mol. The zero-order chi connectivity index (χ0) is 17.3. The summed E-state index contributed by atoms with van der Waals surface area (Å²) in [4.78, 5) is 4.38. The molecule has 24 heavy (non-hydrogen) atoms. The van der Waals surface area contributed by atoms with Crippen LogP contribution in [-0.4, -0.2) is 4.98 Å². The molecule has 0 aliphatic rings. The van der Waals surface area contributed by atoms with Gasteiger partial charge in [0.05, 0.1) is 11.3 Å². The molecule has 0 saturated heterocycles. The Morgan fingerprint density at radius 1 is 0.917 bits per heavy atom. The summed E-state index contributed by atoms with van der Waals surface area (Å²) in [6.45, 7) is 1.86. The second-order valence-electron chi connectivity index (χ2n) is 5.47. The van der Waals surface area contributed by atoms with Crippen molar-refractivity contribution in [3.8, 4) is 22.4 Å². The summed E-state index contributed by atoms with van der Waals surface area (Å²) in [7, 11) is 0. The maximum Gasteiger partial charge on any atom is 0.416 e. The Morgan fingerprint density at radius 3 is 2.25 bits per heavy atom. The van der Waals surface area contributed by atoms with Crippen molar-refractivity contribution in [3.63, 3.8) is 0 Å². The summed E-state index contributed by atoms with van der Waals surface area (Å²) in [6, 6.07) is 14.4. The maximum atomic E-state index is 12.9. The van der Waals surface area contributed by atoms with Crippen molar-refractivity contribution < 1.29 is 13.2 Å². The van der Waals surface area contributed by atoms with Gasteiger partial charge in [-0.25, -0.2) is 0 Å². The Balaban J connectivity index is 2.00. The van der Waals surface area contributed by atoms with Crippen LogP contribution in [0, 0.1) is 6.92 Å². The Morgan fingerprint density at radius 2 is 1.62 bits per heavy atom. The molecule has 0 unspecified atom stereocenters. The van der Waals surface area contributed by atoms with E-state index in [2.05, 4.69) is 4.98 Å². The monoisotopic (exact) mass is 347 g/mol. The predicted octanol–water partition coefficient (Wildman–Crippen LogP) is 6.40. The highest BCUT2D eigenvalue weighted by molar-refractivity contribution is 6.30. The van der Waals surface area contributed by atoms with E-state index >= 15 is 0 Å². The first-order chi connectivity index (χ1) is 11.3. The number of nitrogens with zero attached hydrogens (tertiary/aromatic N) is 1. The summed E-state index contributed by atoms with van der Waals surface area (Å²) < 4.78 is 38.6. The Bertz CT molecular complexity index is 871. The molecule has 0 saturated carbocycles. The second-order valence-corrected chi connectivity index (χ2v) is 5.91. The number of aryl methyl sites for hydroxylation is 1. The molecular formula is C19H13ClF3N. The number of alkyl halides is 3. The van der Waals surface area contributed by atoms with Gasteiger partial charge in [0.25, 0.3) is 0 Å². The highest BCUT2D eigenvalue weighted by atomic mass is 35.5. The third-order valence-electron chi connectivity index (χ3n) is 3.75. The van der Waals surface area contributed by atoms with Crippen molar-refractivity contribution in [1.29, 1.82) is 0 Å². The normalized spacial score (nSPS) is 11.5. The highest BCUT2D eigenvalue weighted by Gasteiger charge is 2.30.